The van der Waals surface area contributed by atoms with Crippen molar-refractivity contribution in [2.75, 3.05) is 26.4 Å². The van der Waals surface area contributed by atoms with E-state index < -0.39 is 0 Å². The van der Waals surface area contributed by atoms with Crippen molar-refractivity contribution in [2.45, 2.75) is 44.6 Å². The van der Waals surface area contributed by atoms with E-state index in [0.717, 1.165) is 58.5 Å². The third kappa shape index (κ3) is 15.3. The summed E-state index contributed by atoms with van der Waals surface area (Å²) in [6.07, 6.45) is 13.1. The van der Waals surface area contributed by atoms with Crippen LogP contribution in [0.2, 0.25) is 0 Å². The first-order valence-electron chi connectivity index (χ1n) is 19.1. The Hall–Kier alpha value is -6.09. The molecule has 0 saturated heterocycles. The van der Waals surface area contributed by atoms with E-state index in [-0.39, 0.29) is 12.1 Å². The molecule has 0 unspecified atom stereocenters. The second kappa shape index (κ2) is 24.3. The summed E-state index contributed by atoms with van der Waals surface area (Å²) in [7, 11) is 0. The Morgan fingerprint density at radius 3 is 1.75 bits per heavy atom. The zero-order valence-corrected chi connectivity index (χ0v) is 31.9. The number of nitrogens with two attached hydrogens (primary N) is 1. The smallest absolute Gasteiger partial charge is 0.137 e. The molecule has 2 atom stereocenters. The highest BCUT2D eigenvalue weighted by Gasteiger charge is 2.11. The van der Waals surface area contributed by atoms with E-state index in [1.54, 1.807) is 18.6 Å². The molecule has 8 heteroatoms. The first-order chi connectivity index (χ1) is 27.7. The first kappa shape index (κ1) is 41.1. The molecule has 0 saturated carbocycles. The average molecular weight is 749 g/mol. The van der Waals surface area contributed by atoms with Crippen LogP contribution in [0.1, 0.15) is 59.3 Å². The van der Waals surface area contributed by atoms with E-state index in [0.29, 0.717) is 45.4 Å². The highest BCUT2D eigenvalue weighted by atomic mass is 16.5. The standard InChI is InChI=1S/C48H52N4O4/c1-39(32-51-47(42-21-11-4-12-22-42)37-53-35-40-17-7-2-8-18-40)25-27-45(31-49)55-29-15-6-16-30-56-46-28-26-44(50-34-46)33-52-48(43-23-13-5-14-24-43)38-54-36-41-19-9-3-10-20-41/h2-5,7-14,17-28,31-34,47-48H,1,6,15-16,29-30,35-38,49H2/b27-25-,45-31+,51-32?,52-33?/t47-,48-/m0/s1. The molecule has 4 aromatic carbocycles. The Morgan fingerprint density at radius 1 is 0.643 bits per heavy atom. The molecule has 0 amide bonds. The van der Waals surface area contributed by atoms with Gasteiger partial charge in [0.2, 0.25) is 0 Å². The minimum absolute atomic E-state index is 0.136. The highest BCUT2D eigenvalue weighted by molar-refractivity contribution is 5.81. The van der Waals surface area contributed by atoms with Gasteiger partial charge in [-0.25, -0.2) is 0 Å². The quantitative estimate of drug-likeness (QED) is 0.0292. The van der Waals surface area contributed by atoms with Gasteiger partial charge >= 0.3 is 0 Å². The number of nitrogens with zero attached hydrogens (tertiary/aromatic N) is 3. The Morgan fingerprint density at radius 2 is 1.20 bits per heavy atom. The van der Waals surface area contributed by atoms with Crippen LogP contribution in [0, 0.1) is 0 Å². The Bertz CT molecular complexity index is 1950. The molecular weight excluding hydrogens is 697 g/mol. The van der Waals surface area contributed by atoms with Gasteiger partial charge < -0.3 is 24.7 Å². The monoisotopic (exact) mass is 748 g/mol. The van der Waals surface area contributed by atoms with Crippen LogP contribution in [0.3, 0.4) is 0 Å². The van der Waals surface area contributed by atoms with E-state index in [9.17, 15) is 0 Å². The molecule has 1 aromatic heterocycles. The summed E-state index contributed by atoms with van der Waals surface area (Å²) in [5, 5.41) is 0. The normalized spacial score (nSPS) is 13.0. The maximum absolute atomic E-state index is 6.02. The van der Waals surface area contributed by atoms with Crippen LogP contribution >= 0.6 is 0 Å². The summed E-state index contributed by atoms with van der Waals surface area (Å²) in [4.78, 5) is 14.1. The van der Waals surface area contributed by atoms with E-state index in [1.165, 1.54) is 6.20 Å². The van der Waals surface area contributed by atoms with E-state index in [4.69, 9.17) is 34.7 Å². The number of allylic oxidation sites excluding steroid dienone is 3. The van der Waals surface area contributed by atoms with Gasteiger partial charge in [-0.1, -0.05) is 134 Å². The maximum Gasteiger partial charge on any atom is 0.137 e. The lowest BCUT2D eigenvalue weighted by atomic mass is 10.1. The van der Waals surface area contributed by atoms with E-state index in [1.807, 2.05) is 97.1 Å². The number of hydrogen-bond donors (Lipinski definition) is 1. The van der Waals surface area contributed by atoms with Gasteiger partial charge in [-0.2, -0.15) is 0 Å². The number of unbranched alkanes of at least 4 members (excludes halogenated alkanes) is 2. The molecule has 0 fully saturated rings. The molecule has 5 aromatic rings. The fourth-order valence-corrected chi connectivity index (χ4v) is 5.58. The lowest BCUT2D eigenvalue weighted by Crippen LogP contribution is -2.07. The minimum Gasteiger partial charge on any atom is -0.492 e. The second-order valence-electron chi connectivity index (χ2n) is 13.1. The van der Waals surface area contributed by atoms with Crippen molar-refractivity contribution in [3.63, 3.8) is 0 Å². The van der Waals surface area contributed by atoms with E-state index in [2.05, 4.69) is 60.1 Å². The molecule has 56 heavy (non-hydrogen) atoms. The fourth-order valence-electron chi connectivity index (χ4n) is 5.58. The average Bonchev–Trinajstić information content (AvgIpc) is 3.25. The molecule has 8 nitrogen and oxygen atoms in total. The summed E-state index contributed by atoms with van der Waals surface area (Å²) in [5.74, 6) is 1.30. The number of aromatic nitrogens is 1. The third-order valence-corrected chi connectivity index (χ3v) is 8.66. The van der Waals surface area contributed by atoms with Crippen LogP contribution in [0.4, 0.5) is 0 Å². The Balaban J connectivity index is 0.979. The zero-order valence-electron chi connectivity index (χ0n) is 31.9. The molecule has 0 bridgehead atoms. The molecular formula is C48H52N4O4. The predicted molar refractivity (Wildman–Crippen MR) is 227 cm³/mol. The third-order valence-electron chi connectivity index (χ3n) is 8.66. The number of rotatable bonds is 24. The summed E-state index contributed by atoms with van der Waals surface area (Å²) < 4.78 is 23.9. The summed E-state index contributed by atoms with van der Waals surface area (Å²) in [6.45, 7) is 7.25. The van der Waals surface area contributed by atoms with Gasteiger partial charge in [0, 0.05) is 18.6 Å². The number of ether oxygens (including phenoxy) is 4. The summed E-state index contributed by atoms with van der Waals surface area (Å²) >= 11 is 0. The lowest BCUT2D eigenvalue weighted by Gasteiger charge is -2.14. The van der Waals surface area contributed by atoms with Crippen LogP contribution < -0.4 is 10.5 Å². The Kier molecular flexibility index (Phi) is 17.9. The second-order valence-corrected chi connectivity index (χ2v) is 13.1. The van der Waals surface area contributed by atoms with Crippen molar-refractivity contribution >= 4 is 12.4 Å². The van der Waals surface area contributed by atoms with Crippen LogP contribution in [0.5, 0.6) is 5.75 Å². The Labute approximate surface area is 331 Å². The van der Waals surface area contributed by atoms with Gasteiger partial charge in [0.05, 0.1) is 63.6 Å². The van der Waals surface area contributed by atoms with Gasteiger partial charge in [0.15, 0.2) is 0 Å². The van der Waals surface area contributed by atoms with Crippen LogP contribution in [0.15, 0.2) is 186 Å². The zero-order chi connectivity index (χ0) is 38.9. The molecule has 0 aliphatic carbocycles. The van der Waals surface area contributed by atoms with Gasteiger partial charge in [-0.15, -0.1) is 0 Å². The van der Waals surface area contributed by atoms with Gasteiger partial charge in [0.1, 0.15) is 11.5 Å². The van der Waals surface area contributed by atoms with Crippen LogP contribution in [0.25, 0.3) is 0 Å². The van der Waals surface area contributed by atoms with Crippen molar-refractivity contribution in [1.29, 1.82) is 0 Å². The molecule has 5 rings (SSSR count). The van der Waals surface area contributed by atoms with Crippen molar-refractivity contribution in [1.82, 2.24) is 4.98 Å². The van der Waals surface area contributed by atoms with Gasteiger partial charge in [-0.3, -0.25) is 15.0 Å². The minimum atomic E-state index is -0.153. The molecule has 2 N–H and O–H groups in total. The molecule has 1 heterocycles. The molecule has 0 aliphatic rings. The molecule has 0 radical (unpaired) electrons. The van der Waals surface area contributed by atoms with Gasteiger partial charge in [-0.05, 0) is 65.3 Å². The van der Waals surface area contributed by atoms with Gasteiger partial charge in [0.25, 0.3) is 0 Å². The molecule has 0 spiro atoms. The fraction of sp³-hybridized carbons (Fsp3) is 0.229. The summed E-state index contributed by atoms with van der Waals surface area (Å²) in [6, 6.07) is 44.1. The van der Waals surface area contributed by atoms with Crippen LogP contribution in [-0.4, -0.2) is 43.8 Å². The SMILES string of the molecule is C=C(C=N[C@@H](COCc1ccccc1)c1ccccc1)/C=C\C(=C/N)OCCCCCOc1ccc(C=N[C@@H](COCc2ccccc2)c2ccccc2)nc1. The number of hydrogen-bond acceptors (Lipinski definition) is 8. The predicted octanol–water partition coefficient (Wildman–Crippen LogP) is 9.97. The summed E-state index contributed by atoms with van der Waals surface area (Å²) in [5.41, 5.74) is 11.8. The van der Waals surface area contributed by atoms with Crippen molar-refractivity contribution in [3.05, 3.63) is 204 Å². The van der Waals surface area contributed by atoms with Crippen molar-refractivity contribution in [2.24, 2.45) is 15.7 Å². The van der Waals surface area contributed by atoms with E-state index >= 15 is 0 Å². The number of aliphatic imine (C=N–C) groups is 2. The maximum atomic E-state index is 6.02. The largest absolute Gasteiger partial charge is 0.492 e. The number of benzene rings is 4. The van der Waals surface area contributed by atoms with Crippen molar-refractivity contribution < 1.29 is 18.9 Å². The highest BCUT2D eigenvalue weighted by Crippen LogP contribution is 2.20. The molecule has 288 valence electrons. The number of pyridine rings is 1. The van der Waals surface area contributed by atoms with Crippen LogP contribution in [-0.2, 0) is 27.4 Å². The topological polar surface area (TPSA) is 101 Å². The van der Waals surface area contributed by atoms with Crippen molar-refractivity contribution in [3.8, 4) is 5.75 Å². The first-order valence-corrected chi connectivity index (χ1v) is 19.1. The lowest BCUT2D eigenvalue weighted by molar-refractivity contribution is 0.108. The molecule has 0 aliphatic heterocycles.